The number of carbonyl (C=O) groups excluding carboxylic acids is 1. The van der Waals surface area contributed by atoms with Crippen molar-refractivity contribution >= 4 is 5.91 Å². The molecule has 0 fully saturated rings. The zero-order valence-electron chi connectivity index (χ0n) is 22.0. The Bertz CT molecular complexity index is 419. The molecule has 0 rings (SSSR count). The maximum Gasteiger partial charge on any atom is 0.249 e. The minimum Gasteiger partial charge on any atom is -0.394 e. The van der Waals surface area contributed by atoms with Gasteiger partial charge in [-0.15, -0.1) is 0 Å². The van der Waals surface area contributed by atoms with Crippen molar-refractivity contribution in [3.63, 3.8) is 0 Å². The van der Waals surface area contributed by atoms with Crippen LogP contribution in [0.2, 0.25) is 0 Å². The largest absolute Gasteiger partial charge is 0.394 e. The highest BCUT2D eigenvalue weighted by atomic mass is 16.3. The molecule has 0 bridgehead atoms. The van der Waals surface area contributed by atoms with Crippen LogP contribution in [-0.4, -0.2) is 46.1 Å². The average Bonchev–Trinajstić information content (AvgIpc) is 2.82. The Morgan fingerprint density at radius 3 is 1.36 bits per heavy atom. The molecule has 0 aromatic carbocycles. The maximum atomic E-state index is 12.2. The standard InChI is InChI=1S/C28H57NO4/c1-3-5-7-9-11-12-13-14-15-16-17-19-20-22-26(31)25(24-30)29-28(33)27(32)23-21-18-10-8-6-4-2/h25-27,30-32H,3-24H2,1-2H3,(H,29,33). The van der Waals surface area contributed by atoms with E-state index in [2.05, 4.69) is 19.2 Å². The Morgan fingerprint density at radius 1 is 0.606 bits per heavy atom. The van der Waals surface area contributed by atoms with Gasteiger partial charge < -0.3 is 20.6 Å². The molecule has 0 heterocycles. The number of hydrogen-bond donors (Lipinski definition) is 4. The van der Waals surface area contributed by atoms with Crippen LogP contribution in [0.1, 0.15) is 149 Å². The summed E-state index contributed by atoms with van der Waals surface area (Å²) in [4.78, 5) is 12.2. The van der Waals surface area contributed by atoms with E-state index in [0.29, 0.717) is 12.8 Å². The first-order valence-electron chi connectivity index (χ1n) is 14.3. The third-order valence-electron chi connectivity index (χ3n) is 6.73. The number of nitrogens with one attached hydrogen (secondary N) is 1. The van der Waals surface area contributed by atoms with E-state index in [9.17, 15) is 20.1 Å². The molecule has 0 aromatic heterocycles. The second-order valence-electron chi connectivity index (χ2n) is 9.97. The lowest BCUT2D eigenvalue weighted by atomic mass is 10.0. The van der Waals surface area contributed by atoms with Crippen molar-refractivity contribution in [2.45, 2.75) is 167 Å². The van der Waals surface area contributed by atoms with Gasteiger partial charge in [-0.1, -0.05) is 136 Å². The molecule has 33 heavy (non-hydrogen) atoms. The fourth-order valence-electron chi connectivity index (χ4n) is 4.36. The van der Waals surface area contributed by atoms with Crippen molar-refractivity contribution in [2.24, 2.45) is 0 Å². The molecule has 1 amide bonds. The van der Waals surface area contributed by atoms with Crippen LogP contribution in [0.3, 0.4) is 0 Å². The molecule has 0 aromatic rings. The number of unbranched alkanes of at least 4 members (excludes halogenated alkanes) is 17. The molecule has 3 unspecified atom stereocenters. The van der Waals surface area contributed by atoms with Gasteiger partial charge in [-0.25, -0.2) is 0 Å². The van der Waals surface area contributed by atoms with E-state index < -0.39 is 24.2 Å². The molecule has 5 heteroatoms. The van der Waals surface area contributed by atoms with Crippen LogP contribution in [0.4, 0.5) is 0 Å². The minimum atomic E-state index is -1.06. The Balaban J connectivity index is 3.72. The summed E-state index contributed by atoms with van der Waals surface area (Å²) in [5, 5.41) is 32.6. The van der Waals surface area contributed by atoms with E-state index in [-0.39, 0.29) is 6.61 Å². The molecular weight excluding hydrogens is 414 g/mol. The third-order valence-corrected chi connectivity index (χ3v) is 6.73. The van der Waals surface area contributed by atoms with Crippen molar-refractivity contribution in [1.29, 1.82) is 0 Å². The number of amides is 1. The number of aliphatic hydroxyl groups is 3. The highest BCUT2D eigenvalue weighted by Crippen LogP contribution is 2.14. The van der Waals surface area contributed by atoms with Crippen LogP contribution in [0.5, 0.6) is 0 Å². The van der Waals surface area contributed by atoms with Crippen molar-refractivity contribution in [3.05, 3.63) is 0 Å². The molecule has 0 aliphatic rings. The SMILES string of the molecule is CCCCCCCCCCCCCCCC(O)C(CO)NC(=O)C(O)CCCCCCCC. The molecule has 0 aliphatic carbocycles. The number of carbonyl (C=O) groups is 1. The molecule has 0 spiro atoms. The minimum absolute atomic E-state index is 0.310. The van der Waals surface area contributed by atoms with Crippen molar-refractivity contribution in [1.82, 2.24) is 5.32 Å². The molecule has 198 valence electrons. The van der Waals surface area contributed by atoms with Gasteiger partial charge >= 0.3 is 0 Å². The van der Waals surface area contributed by atoms with Gasteiger partial charge in [0.2, 0.25) is 5.91 Å². The van der Waals surface area contributed by atoms with Gasteiger partial charge in [-0.3, -0.25) is 4.79 Å². The highest BCUT2D eigenvalue weighted by molar-refractivity contribution is 5.80. The van der Waals surface area contributed by atoms with E-state index in [4.69, 9.17) is 0 Å². The summed E-state index contributed by atoms with van der Waals surface area (Å²) in [7, 11) is 0. The van der Waals surface area contributed by atoms with E-state index >= 15 is 0 Å². The molecule has 0 aliphatic heterocycles. The summed E-state index contributed by atoms with van der Waals surface area (Å²) in [6, 6.07) is -0.700. The molecule has 0 saturated heterocycles. The smallest absolute Gasteiger partial charge is 0.249 e. The van der Waals surface area contributed by atoms with Gasteiger partial charge in [-0.05, 0) is 12.8 Å². The molecular formula is C28H57NO4. The summed E-state index contributed by atoms with van der Waals surface area (Å²) < 4.78 is 0. The molecule has 5 nitrogen and oxygen atoms in total. The zero-order chi connectivity index (χ0) is 24.6. The van der Waals surface area contributed by atoms with Crippen LogP contribution in [0.15, 0.2) is 0 Å². The van der Waals surface area contributed by atoms with Gasteiger partial charge in [-0.2, -0.15) is 0 Å². The number of aliphatic hydroxyl groups excluding tert-OH is 3. The molecule has 4 N–H and O–H groups in total. The normalized spacial score (nSPS) is 14.2. The number of rotatable bonds is 25. The summed E-state index contributed by atoms with van der Waals surface area (Å²) in [6.45, 7) is 4.13. The van der Waals surface area contributed by atoms with Gasteiger partial charge in [0, 0.05) is 0 Å². The van der Waals surface area contributed by atoms with E-state index in [1.165, 1.54) is 89.9 Å². The second kappa shape index (κ2) is 24.5. The highest BCUT2D eigenvalue weighted by Gasteiger charge is 2.23. The zero-order valence-corrected chi connectivity index (χ0v) is 22.0. The average molecular weight is 472 g/mol. The lowest BCUT2D eigenvalue weighted by Crippen LogP contribution is -2.49. The Morgan fingerprint density at radius 2 is 0.970 bits per heavy atom. The van der Waals surface area contributed by atoms with Crippen molar-refractivity contribution in [2.75, 3.05) is 6.61 Å². The summed E-state index contributed by atoms with van der Waals surface area (Å²) in [5.41, 5.74) is 0. The quantitative estimate of drug-likeness (QED) is 0.116. The van der Waals surface area contributed by atoms with E-state index in [0.717, 1.165) is 32.1 Å². The van der Waals surface area contributed by atoms with E-state index in [1.54, 1.807) is 0 Å². The first-order chi connectivity index (χ1) is 16.1. The Hall–Kier alpha value is -0.650. The van der Waals surface area contributed by atoms with Crippen LogP contribution in [0, 0.1) is 0 Å². The number of hydrogen-bond acceptors (Lipinski definition) is 4. The van der Waals surface area contributed by atoms with Crippen LogP contribution >= 0.6 is 0 Å². The topological polar surface area (TPSA) is 89.8 Å². The van der Waals surface area contributed by atoms with Gasteiger partial charge in [0.15, 0.2) is 0 Å². The summed E-state index contributed by atoms with van der Waals surface area (Å²) in [6.07, 6.45) is 22.4. The maximum absolute atomic E-state index is 12.2. The molecule has 0 saturated carbocycles. The van der Waals surface area contributed by atoms with Gasteiger partial charge in [0.25, 0.3) is 0 Å². The lowest BCUT2D eigenvalue weighted by Gasteiger charge is -2.23. The predicted molar refractivity (Wildman–Crippen MR) is 139 cm³/mol. The van der Waals surface area contributed by atoms with Crippen LogP contribution in [0.25, 0.3) is 0 Å². The second-order valence-corrected chi connectivity index (χ2v) is 9.97. The lowest BCUT2D eigenvalue weighted by molar-refractivity contribution is -0.131. The molecule has 0 radical (unpaired) electrons. The fraction of sp³-hybridized carbons (Fsp3) is 0.964. The van der Waals surface area contributed by atoms with Crippen molar-refractivity contribution in [3.8, 4) is 0 Å². The van der Waals surface area contributed by atoms with Gasteiger partial charge in [0.05, 0.1) is 18.8 Å². The third kappa shape index (κ3) is 20.4. The fourth-order valence-corrected chi connectivity index (χ4v) is 4.36. The van der Waals surface area contributed by atoms with Gasteiger partial charge in [0.1, 0.15) is 6.10 Å². The van der Waals surface area contributed by atoms with Crippen LogP contribution in [-0.2, 0) is 4.79 Å². The van der Waals surface area contributed by atoms with E-state index in [1.807, 2.05) is 0 Å². The predicted octanol–water partition coefficient (Wildman–Crippen LogP) is 6.42. The Labute approximate surface area is 205 Å². The van der Waals surface area contributed by atoms with Crippen LogP contribution < -0.4 is 5.32 Å². The monoisotopic (exact) mass is 471 g/mol. The first kappa shape index (κ1) is 32.4. The summed E-state index contributed by atoms with van der Waals surface area (Å²) in [5.74, 6) is -0.480. The Kier molecular flexibility index (Phi) is 24.0. The van der Waals surface area contributed by atoms with Crippen molar-refractivity contribution < 1.29 is 20.1 Å². The molecule has 3 atom stereocenters. The first-order valence-corrected chi connectivity index (χ1v) is 14.3. The summed E-state index contributed by atoms with van der Waals surface area (Å²) >= 11 is 0.